The molecule has 1 aromatic carbocycles. The molecule has 0 aliphatic rings. The Balaban J connectivity index is 3.08. The molecule has 2 atom stereocenters. The van der Waals surface area contributed by atoms with Crippen LogP contribution in [0.3, 0.4) is 0 Å². The molecule has 0 saturated carbocycles. The summed E-state index contributed by atoms with van der Waals surface area (Å²) in [6.45, 7) is 3.69. The quantitative estimate of drug-likeness (QED) is 0.764. The van der Waals surface area contributed by atoms with Crippen molar-refractivity contribution in [2.24, 2.45) is 5.92 Å². The molecule has 1 rings (SSSR count). The fourth-order valence-corrected chi connectivity index (χ4v) is 2.21. The number of methoxy groups -OCH3 is 2. The van der Waals surface area contributed by atoms with Gasteiger partial charge in [-0.25, -0.2) is 0 Å². The van der Waals surface area contributed by atoms with E-state index in [1.807, 2.05) is 0 Å². The van der Waals surface area contributed by atoms with Crippen molar-refractivity contribution in [3.8, 4) is 5.75 Å². The van der Waals surface area contributed by atoms with Crippen molar-refractivity contribution in [1.82, 2.24) is 5.32 Å². The summed E-state index contributed by atoms with van der Waals surface area (Å²) in [4.78, 5) is 23.5. The first-order chi connectivity index (χ1) is 10.3. The lowest BCUT2D eigenvalue weighted by Crippen LogP contribution is -2.47. The van der Waals surface area contributed by atoms with Crippen molar-refractivity contribution < 1.29 is 24.2 Å². The van der Waals surface area contributed by atoms with Crippen LogP contribution in [0.2, 0.25) is 0 Å². The second kappa shape index (κ2) is 7.79. The van der Waals surface area contributed by atoms with E-state index in [1.165, 1.54) is 14.2 Å². The number of carbonyl (C=O) groups excluding carboxylic acids is 1. The van der Waals surface area contributed by atoms with Crippen LogP contribution >= 0.6 is 0 Å². The zero-order valence-corrected chi connectivity index (χ0v) is 13.4. The van der Waals surface area contributed by atoms with Crippen LogP contribution in [0, 0.1) is 5.92 Å². The van der Waals surface area contributed by atoms with Gasteiger partial charge in [0.05, 0.1) is 31.6 Å². The Labute approximate surface area is 130 Å². The van der Waals surface area contributed by atoms with E-state index >= 15 is 0 Å². The fourth-order valence-electron chi connectivity index (χ4n) is 2.21. The van der Waals surface area contributed by atoms with Gasteiger partial charge < -0.3 is 19.9 Å². The van der Waals surface area contributed by atoms with Gasteiger partial charge >= 0.3 is 5.97 Å². The number of nitrogens with one attached hydrogen (secondary N) is 1. The molecule has 2 unspecified atom stereocenters. The van der Waals surface area contributed by atoms with Crippen LogP contribution in [-0.4, -0.2) is 37.8 Å². The van der Waals surface area contributed by atoms with Crippen molar-refractivity contribution in [2.45, 2.75) is 25.8 Å². The van der Waals surface area contributed by atoms with Gasteiger partial charge in [0, 0.05) is 7.11 Å². The van der Waals surface area contributed by atoms with Crippen molar-refractivity contribution in [2.75, 3.05) is 20.8 Å². The Morgan fingerprint density at radius 1 is 1.36 bits per heavy atom. The highest BCUT2D eigenvalue weighted by Gasteiger charge is 2.33. The highest BCUT2D eigenvalue weighted by atomic mass is 16.5. The maximum absolute atomic E-state index is 12.2. The summed E-state index contributed by atoms with van der Waals surface area (Å²) < 4.78 is 10.1. The normalized spacial score (nSPS) is 14.7. The van der Waals surface area contributed by atoms with E-state index in [-0.39, 0.29) is 24.9 Å². The maximum atomic E-state index is 12.2. The minimum absolute atomic E-state index is 0.231. The van der Waals surface area contributed by atoms with Crippen molar-refractivity contribution in [1.29, 1.82) is 0 Å². The van der Waals surface area contributed by atoms with Crippen LogP contribution in [0.5, 0.6) is 5.75 Å². The van der Waals surface area contributed by atoms with Gasteiger partial charge in [-0.2, -0.15) is 0 Å². The third-order valence-electron chi connectivity index (χ3n) is 3.47. The summed E-state index contributed by atoms with van der Waals surface area (Å²) in [5.74, 6) is -1.02. The molecule has 0 radical (unpaired) electrons. The smallest absolute Gasteiger partial charge is 0.306 e. The van der Waals surface area contributed by atoms with Crippen LogP contribution in [0.1, 0.15) is 25.8 Å². The standard InChI is InChI=1S/C16H23NO5/c1-11(10-21-3)15(20)17-16(2,9-14(18)19)12-6-5-7-13(8-12)22-4/h5-8,11H,9-10H2,1-4H3,(H,17,20)(H,18,19). The number of ether oxygens (including phenoxy) is 2. The van der Waals surface area contributed by atoms with E-state index in [9.17, 15) is 14.7 Å². The van der Waals surface area contributed by atoms with Gasteiger partial charge in [0.25, 0.3) is 0 Å². The van der Waals surface area contributed by atoms with E-state index < -0.39 is 11.5 Å². The summed E-state index contributed by atoms with van der Waals surface area (Å²) in [7, 11) is 3.05. The number of carbonyl (C=O) groups is 2. The molecule has 22 heavy (non-hydrogen) atoms. The molecule has 6 heteroatoms. The molecule has 1 aromatic rings. The third kappa shape index (κ3) is 4.73. The number of rotatable bonds is 8. The number of amides is 1. The highest BCUT2D eigenvalue weighted by Crippen LogP contribution is 2.28. The van der Waals surface area contributed by atoms with Gasteiger partial charge in [0.1, 0.15) is 5.75 Å². The average Bonchev–Trinajstić information content (AvgIpc) is 2.46. The zero-order valence-electron chi connectivity index (χ0n) is 13.4. The molecule has 0 bridgehead atoms. The predicted octanol–water partition coefficient (Wildman–Crippen LogP) is 1.78. The Morgan fingerprint density at radius 2 is 2.05 bits per heavy atom. The van der Waals surface area contributed by atoms with E-state index in [1.54, 1.807) is 38.1 Å². The fraction of sp³-hybridized carbons (Fsp3) is 0.500. The number of hydrogen-bond donors (Lipinski definition) is 2. The van der Waals surface area contributed by atoms with Crippen LogP contribution in [0.25, 0.3) is 0 Å². The van der Waals surface area contributed by atoms with Crippen LogP contribution in [0.15, 0.2) is 24.3 Å². The summed E-state index contributed by atoms with van der Waals surface area (Å²) in [5, 5.41) is 12.0. The summed E-state index contributed by atoms with van der Waals surface area (Å²) in [5.41, 5.74) is -0.355. The predicted molar refractivity (Wildman–Crippen MR) is 81.8 cm³/mol. The second-order valence-corrected chi connectivity index (χ2v) is 5.48. The second-order valence-electron chi connectivity index (χ2n) is 5.48. The first-order valence-electron chi connectivity index (χ1n) is 6.99. The van der Waals surface area contributed by atoms with Crippen LogP contribution in [0.4, 0.5) is 0 Å². The number of carboxylic acid groups (broad SMARTS) is 1. The number of hydrogen-bond acceptors (Lipinski definition) is 4. The molecule has 0 spiro atoms. The van der Waals surface area contributed by atoms with E-state index in [0.29, 0.717) is 11.3 Å². The first kappa shape index (κ1) is 18.0. The van der Waals surface area contributed by atoms with E-state index in [4.69, 9.17) is 9.47 Å². The largest absolute Gasteiger partial charge is 0.497 e. The molecule has 0 saturated heterocycles. The molecule has 0 aromatic heterocycles. The Hall–Kier alpha value is -2.08. The average molecular weight is 309 g/mol. The third-order valence-corrected chi connectivity index (χ3v) is 3.47. The molecule has 0 aliphatic carbocycles. The van der Waals surface area contributed by atoms with Gasteiger partial charge in [0.2, 0.25) is 5.91 Å². The monoisotopic (exact) mass is 309 g/mol. The highest BCUT2D eigenvalue weighted by molar-refractivity contribution is 5.80. The lowest BCUT2D eigenvalue weighted by molar-refractivity contribution is -0.139. The molecular weight excluding hydrogens is 286 g/mol. The van der Waals surface area contributed by atoms with Crippen molar-refractivity contribution in [3.63, 3.8) is 0 Å². The molecular formula is C16H23NO5. The number of carboxylic acids is 1. The van der Waals surface area contributed by atoms with Crippen LogP contribution in [-0.2, 0) is 19.9 Å². The molecule has 122 valence electrons. The molecule has 2 N–H and O–H groups in total. The van der Waals surface area contributed by atoms with Gasteiger partial charge in [-0.3, -0.25) is 9.59 Å². The van der Waals surface area contributed by atoms with Gasteiger partial charge in [0.15, 0.2) is 0 Å². The van der Waals surface area contributed by atoms with E-state index in [2.05, 4.69) is 5.32 Å². The van der Waals surface area contributed by atoms with Crippen molar-refractivity contribution >= 4 is 11.9 Å². The topological polar surface area (TPSA) is 84.9 Å². The summed E-state index contributed by atoms with van der Waals surface area (Å²) in [6, 6.07) is 7.02. The summed E-state index contributed by atoms with van der Waals surface area (Å²) >= 11 is 0. The Morgan fingerprint density at radius 3 is 2.59 bits per heavy atom. The van der Waals surface area contributed by atoms with Crippen LogP contribution < -0.4 is 10.1 Å². The van der Waals surface area contributed by atoms with Gasteiger partial charge in [-0.1, -0.05) is 19.1 Å². The molecule has 0 heterocycles. The lowest BCUT2D eigenvalue weighted by atomic mass is 9.87. The molecule has 6 nitrogen and oxygen atoms in total. The zero-order chi connectivity index (χ0) is 16.8. The maximum Gasteiger partial charge on any atom is 0.306 e. The SMILES string of the molecule is COCC(C)C(=O)NC(C)(CC(=O)O)c1cccc(OC)c1. The molecule has 0 aliphatic heterocycles. The number of aliphatic carboxylic acids is 1. The first-order valence-corrected chi connectivity index (χ1v) is 6.99. The lowest BCUT2D eigenvalue weighted by Gasteiger charge is -2.31. The minimum Gasteiger partial charge on any atom is -0.497 e. The Bertz CT molecular complexity index is 531. The van der Waals surface area contributed by atoms with Crippen molar-refractivity contribution in [3.05, 3.63) is 29.8 Å². The molecule has 1 amide bonds. The van der Waals surface area contributed by atoms with Gasteiger partial charge in [-0.05, 0) is 24.6 Å². The minimum atomic E-state index is -1.03. The molecule has 0 fully saturated rings. The number of benzene rings is 1. The Kier molecular flexibility index (Phi) is 6.37. The van der Waals surface area contributed by atoms with E-state index in [0.717, 1.165) is 0 Å². The van der Waals surface area contributed by atoms with Gasteiger partial charge in [-0.15, -0.1) is 0 Å². The summed E-state index contributed by atoms with van der Waals surface area (Å²) in [6.07, 6.45) is -0.231.